The Balaban J connectivity index is 1.96. The van der Waals surface area contributed by atoms with Crippen LogP contribution in [0.15, 0.2) is 24.3 Å². The van der Waals surface area contributed by atoms with Crippen LogP contribution in [0.2, 0.25) is 0 Å². The maximum Gasteiger partial charge on any atom is 0.238 e. The number of primary amides is 1. The van der Waals surface area contributed by atoms with E-state index in [0.29, 0.717) is 19.4 Å². The number of likely N-dealkylation sites (N-methyl/N-ethyl adjacent to an activating group) is 2. The number of hydrogen-bond donors (Lipinski definition) is 2. The lowest BCUT2D eigenvalue weighted by molar-refractivity contribution is -0.142. The molecule has 0 unspecified atom stereocenters. The molecule has 28 heavy (non-hydrogen) atoms. The van der Waals surface area contributed by atoms with Crippen LogP contribution in [-0.4, -0.2) is 55.9 Å². The molecule has 1 heterocycles. The number of fused-ring (bicyclic) bond motifs is 1. The van der Waals surface area contributed by atoms with Crippen LogP contribution in [0.4, 0.5) is 5.82 Å². The zero-order valence-electron chi connectivity index (χ0n) is 17.1. The molecule has 1 saturated carbocycles. The standard InChI is InChI=1S/C21H29N5O2/c1-14-6-5-7-15-12-16(18(24-17(14)15)25(3)11-10-23-2)13-26(4)20(28)21(8-9-21)19(22)27/h5-7,12,23H,8-11,13H2,1-4H3,(H2,22,27). The van der Waals surface area contributed by atoms with E-state index >= 15 is 0 Å². The highest BCUT2D eigenvalue weighted by Crippen LogP contribution is 2.47. The Morgan fingerprint density at radius 2 is 2.00 bits per heavy atom. The number of anilines is 1. The molecular formula is C21H29N5O2. The minimum absolute atomic E-state index is 0.201. The third-order valence-corrected chi connectivity index (χ3v) is 5.55. The van der Waals surface area contributed by atoms with Gasteiger partial charge < -0.3 is 20.9 Å². The number of carbonyl (C=O) groups excluding carboxylic acids is 2. The summed E-state index contributed by atoms with van der Waals surface area (Å²) in [6, 6.07) is 8.18. The van der Waals surface area contributed by atoms with Crippen LogP contribution in [0.3, 0.4) is 0 Å². The van der Waals surface area contributed by atoms with Gasteiger partial charge in [0, 0.05) is 44.7 Å². The van der Waals surface area contributed by atoms with Gasteiger partial charge >= 0.3 is 0 Å². The van der Waals surface area contributed by atoms with Gasteiger partial charge in [0.05, 0.1) is 5.52 Å². The summed E-state index contributed by atoms with van der Waals surface area (Å²) in [7, 11) is 5.64. The molecule has 1 fully saturated rings. The molecule has 0 radical (unpaired) electrons. The summed E-state index contributed by atoms with van der Waals surface area (Å²) < 4.78 is 0. The molecule has 0 atom stereocenters. The van der Waals surface area contributed by atoms with E-state index < -0.39 is 11.3 Å². The van der Waals surface area contributed by atoms with Crippen molar-refractivity contribution in [2.24, 2.45) is 11.1 Å². The molecule has 0 aliphatic heterocycles. The largest absolute Gasteiger partial charge is 0.369 e. The van der Waals surface area contributed by atoms with Crippen molar-refractivity contribution in [3.05, 3.63) is 35.4 Å². The third kappa shape index (κ3) is 3.67. The molecule has 0 bridgehead atoms. The molecule has 1 aromatic carbocycles. The molecule has 150 valence electrons. The molecule has 0 spiro atoms. The third-order valence-electron chi connectivity index (χ3n) is 5.55. The average Bonchev–Trinajstić information content (AvgIpc) is 3.47. The highest BCUT2D eigenvalue weighted by atomic mass is 16.2. The van der Waals surface area contributed by atoms with E-state index in [9.17, 15) is 9.59 Å². The first-order valence-corrected chi connectivity index (χ1v) is 9.60. The number of rotatable bonds is 8. The monoisotopic (exact) mass is 383 g/mol. The summed E-state index contributed by atoms with van der Waals surface area (Å²) >= 11 is 0. The molecule has 7 heteroatoms. The fourth-order valence-corrected chi connectivity index (χ4v) is 3.60. The normalized spacial score (nSPS) is 14.7. The number of nitrogens with zero attached hydrogens (tertiary/aromatic N) is 3. The van der Waals surface area contributed by atoms with Gasteiger partial charge in [0.15, 0.2) is 0 Å². The Morgan fingerprint density at radius 3 is 2.61 bits per heavy atom. The Bertz CT molecular complexity index is 907. The van der Waals surface area contributed by atoms with Gasteiger partial charge in [-0.2, -0.15) is 0 Å². The van der Waals surface area contributed by atoms with E-state index in [1.165, 1.54) is 0 Å². The molecule has 3 rings (SSSR count). The fraction of sp³-hybridized carbons (Fsp3) is 0.476. The van der Waals surface area contributed by atoms with Gasteiger partial charge in [0.25, 0.3) is 0 Å². The zero-order valence-corrected chi connectivity index (χ0v) is 17.1. The van der Waals surface area contributed by atoms with E-state index in [2.05, 4.69) is 16.3 Å². The summed E-state index contributed by atoms with van der Waals surface area (Å²) in [6.07, 6.45) is 1.07. The summed E-state index contributed by atoms with van der Waals surface area (Å²) in [4.78, 5) is 33.2. The second-order valence-electron chi connectivity index (χ2n) is 7.75. The maximum atomic E-state index is 12.8. The van der Waals surface area contributed by atoms with E-state index in [1.54, 1.807) is 11.9 Å². The summed E-state index contributed by atoms with van der Waals surface area (Å²) in [6.45, 7) is 4.04. The van der Waals surface area contributed by atoms with Crippen LogP contribution in [0.25, 0.3) is 10.9 Å². The Kier molecular flexibility index (Phi) is 5.56. The minimum atomic E-state index is -1.01. The second-order valence-corrected chi connectivity index (χ2v) is 7.75. The first kappa shape index (κ1) is 20.1. The van der Waals surface area contributed by atoms with Crippen LogP contribution < -0.4 is 16.0 Å². The first-order valence-electron chi connectivity index (χ1n) is 9.60. The summed E-state index contributed by atoms with van der Waals surface area (Å²) in [5.74, 6) is 0.122. The lowest BCUT2D eigenvalue weighted by Gasteiger charge is -2.26. The first-order chi connectivity index (χ1) is 13.3. The number of hydrogen-bond acceptors (Lipinski definition) is 5. The quantitative estimate of drug-likeness (QED) is 0.673. The van der Waals surface area contributed by atoms with Crippen molar-refractivity contribution in [1.82, 2.24) is 15.2 Å². The van der Waals surface area contributed by atoms with Crippen LogP contribution in [0.5, 0.6) is 0 Å². The molecule has 2 aromatic rings. The lowest BCUT2D eigenvalue weighted by Crippen LogP contribution is -2.41. The topological polar surface area (TPSA) is 91.6 Å². The van der Waals surface area contributed by atoms with Crippen molar-refractivity contribution in [2.75, 3.05) is 39.1 Å². The highest BCUT2D eigenvalue weighted by Gasteiger charge is 2.56. The number of carbonyl (C=O) groups is 2. The van der Waals surface area contributed by atoms with Crippen molar-refractivity contribution in [3.8, 4) is 0 Å². The van der Waals surface area contributed by atoms with E-state index in [0.717, 1.165) is 40.9 Å². The van der Waals surface area contributed by atoms with Crippen molar-refractivity contribution >= 4 is 28.5 Å². The smallest absolute Gasteiger partial charge is 0.238 e. The van der Waals surface area contributed by atoms with Crippen LogP contribution in [-0.2, 0) is 16.1 Å². The summed E-state index contributed by atoms with van der Waals surface area (Å²) in [5.41, 5.74) is 7.49. The molecule has 1 aliphatic carbocycles. The van der Waals surface area contributed by atoms with Gasteiger partial charge in [0.1, 0.15) is 11.2 Å². The Morgan fingerprint density at radius 1 is 1.29 bits per heavy atom. The van der Waals surface area contributed by atoms with E-state index in [4.69, 9.17) is 10.7 Å². The lowest BCUT2D eigenvalue weighted by atomic mass is 10.0. The predicted octanol–water partition coefficient (Wildman–Crippen LogP) is 1.42. The molecule has 0 saturated heterocycles. The van der Waals surface area contributed by atoms with E-state index in [1.807, 2.05) is 39.2 Å². The molecule has 7 nitrogen and oxygen atoms in total. The van der Waals surface area contributed by atoms with Crippen molar-refractivity contribution in [2.45, 2.75) is 26.3 Å². The number of para-hydroxylation sites is 1. The number of aryl methyl sites for hydroxylation is 1. The average molecular weight is 383 g/mol. The molecule has 3 N–H and O–H groups in total. The van der Waals surface area contributed by atoms with Crippen molar-refractivity contribution in [3.63, 3.8) is 0 Å². The number of nitrogens with two attached hydrogens (primary N) is 1. The van der Waals surface area contributed by atoms with Gasteiger partial charge in [-0.25, -0.2) is 4.98 Å². The van der Waals surface area contributed by atoms with Crippen molar-refractivity contribution in [1.29, 1.82) is 0 Å². The van der Waals surface area contributed by atoms with Crippen LogP contribution in [0.1, 0.15) is 24.0 Å². The molecule has 2 amide bonds. The number of amides is 2. The molecule has 1 aromatic heterocycles. The van der Waals surface area contributed by atoms with Crippen LogP contribution >= 0.6 is 0 Å². The van der Waals surface area contributed by atoms with Crippen molar-refractivity contribution < 1.29 is 9.59 Å². The number of benzene rings is 1. The molecular weight excluding hydrogens is 354 g/mol. The van der Waals surface area contributed by atoms with Gasteiger partial charge in [-0.15, -0.1) is 0 Å². The second kappa shape index (κ2) is 7.75. The summed E-state index contributed by atoms with van der Waals surface area (Å²) in [5, 5.41) is 4.19. The minimum Gasteiger partial charge on any atom is -0.369 e. The SMILES string of the molecule is CNCCN(C)c1nc2c(C)cccc2cc1CN(C)C(=O)C1(C(N)=O)CC1. The number of nitrogens with one attached hydrogen (secondary N) is 1. The van der Waals surface area contributed by atoms with Crippen LogP contribution in [0, 0.1) is 12.3 Å². The van der Waals surface area contributed by atoms with Gasteiger partial charge in [0.2, 0.25) is 11.8 Å². The Labute approximate surface area is 165 Å². The Hall–Kier alpha value is -2.67. The highest BCUT2D eigenvalue weighted by molar-refractivity contribution is 6.07. The van der Waals surface area contributed by atoms with Gasteiger partial charge in [-0.3, -0.25) is 9.59 Å². The maximum absolute atomic E-state index is 12.8. The number of aromatic nitrogens is 1. The van der Waals surface area contributed by atoms with Gasteiger partial charge in [-0.05, 0) is 38.4 Å². The van der Waals surface area contributed by atoms with E-state index in [-0.39, 0.29) is 5.91 Å². The fourth-order valence-electron chi connectivity index (χ4n) is 3.60. The predicted molar refractivity (Wildman–Crippen MR) is 111 cm³/mol. The zero-order chi connectivity index (χ0) is 20.5. The van der Waals surface area contributed by atoms with Gasteiger partial charge in [-0.1, -0.05) is 18.2 Å². The number of pyridine rings is 1. The molecule has 1 aliphatic rings.